The first-order valence-corrected chi connectivity index (χ1v) is 6.67. The highest BCUT2D eigenvalue weighted by atomic mass is 16.3. The summed E-state index contributed by atoms with van der Waals surface area (Å²) < 4.78 is 0. The number of hydrogen-bond acceptors (Lipinski definition) is 3. The first-order chi connectivity index (χ1) is 8.78. The van der Waals surface area contributed by atoms with Crippen molar-refractivity contribution in [1.82, 2.24) is 4.90 Å². The van der Waals surface area contributed by atoms with E-state index in [1.165, 1.54) is 0 Å². The predicted octanol–water partition coefficient (Wildman–Crippen LogP) is 1.50. The lowest BCUT2D eigenvalue weighted by molar-refractivity contribution is -0.120. The lowest BCUT2D eigenvalue weighted by atomic mass is 9.98. The molecule has 0 bridgehead atoms. The van der Waals surface area contributed by atoms with Gasteiger partial charge in [0, 0.05) is 19.6 Å². The Morgan fingerprint density at radius 3 is 2.83 bits per heavy atom. The standard InChI is InChI=1S/C15H21NO2/c17-12-14-7-4-8-16(10-14)11-15(18)9-13-5-2-1-3-6-13/h1-3,5-6,14,17H,4,7-12H2. The van der Waals surface area contributed by atoms with Crippen LogP contribution in [0.15, 0.2) is 30.3 Å². The lowest BCUT2D eigenvalue weighted by Gasteiger charge is -2.31. The molecule has 1 N–H and O–H groups in total. The highest BCUT2D eigenvalue weighted by Crippen LogP contribution is 2.15. The van der Waals surface area contributed by atoms with Gasteiger partial charge < -0.3 is 5.11 Å². The number of likely N-dealkylation sites (tertiary alicyclic amines) is 1. The van der Waals surface area contributed by atoms with E-state index in [-0.39, 0.29) is 12.4 Å². The van der Waals surface area contributed by atoms with E-state index in [1.54, 1.807) is 0 Å². The van der Waals surface area contributed by atoms with E-state index in [0.717, 1.165) is 31.5 Å². The molecule has 18 heavy (non-hydrogen) atoms. The second-order valence-electron chi connectivity index (χ2n) is 5.13. The normalized spacial score (nSPS) is 20.8. The first-order valence-electron chi connectivity index (χ1n) is 6.67. The van der Waals surface area contributed by atoms with E-state index in [1.807, 2.05) is 30.3 Å². The van der Waals surface area contributed by atoms with Crippen LogP contribution in [-0.2, 0) is 11.2 Å². The van der Waals surface area contributed by atoms with E-state index in [2.05, 4.69) is 4.90 Å². The van der Waals surface area contributed by atoms with Crippen molar-refractivity contribution in [3.63, 3.8) is 0 Å². The van der Waals surface area contributed by atoms with Gasteiger partial charge in [-0.15, -0.1) is 0 Å². The van der Waals surface area contributed by atoms with Gasteiger partial charge in [0.05, 0.1) is 6.54 Å². The highest BCUT2D eigenvalue weighted by molar-refractivity contribution is 5.82. The van der Waals surface area contributed by atoms with Gasteiger partial charge in [-0.25, -0.2) is 0 Å². The number of nitrogens with zero attached hydrogens (tertiary/aromatic N) is 1. The van der Waals surface area contributed by atoms with Crippen LogP contribution < -0.4 is 0 Å². The zero-order valence-corrected chi connectivity index (χ0v) is 10.7. The van der Waals surface area contributed by atoms with Gasteiger partial charge in [-0.1, -0.05) is 30.3 Å². The Kier molecular flexibility index (Phi) is 4.90. The zero-order chi connectivity index (χ0) is 12.8. The van der Waals surface area contributed by atoms with Crippen LogP contribution in [0.2, 0.25) is 0 Å². The molecule has 0 aliphatic carbocycles. The average Bonchev–Trinajstić information content (AvgIpc) is 2.40. The second kappa shape index (κ2) is 6.66. The third-order valence-electron chi connectivity index (χ3n) is 3.51. The molecule has 1 aromatic carbocycles. The number of benzene rings is 1. The number of ketones is 1. The Balaban J connectivity index is 1.80. The summed E-state index contributed by atoms with van der Waals surface area (Å²) >= 11 is 0. The topological polar surface area (TPSA) is 40.5 Å². The second-order valence-corrected chi connectivity index (χ2v) is 5.13. The molecule has 1 aromatic rings. The largest absolute Gasteiger partial charge is 0.396 e. The predicted molar refractivity (Wildman–Crippen MR) is 71.4 cm³/mol. The molecule has 1 unspecified atom stereocenters. The van der Waals surface area contributed by atoms with Gasteiger partial charge in [0.1, 0.15) is 0 Å². The summed E-state index contributed by atoms with van der Waals surface area (Å²) in [5.41, 5.74) is 1.08. The Morgan fingerprint density at radius 2 is 2.11 bits per heavy atom. The molecule has 0 aromatic heterocycles. The fourth-order valence-electron chi connectivity index (χ4n) is 2.57. The summed E-state index contributed by atoms with van der Waals surface area (Å²) in [6.45, 7) is 2.60. The number of piperidine rings is 1. The van der Waals surface area contributed by atoms with E-state index in [9.17, 15) is 4.79 Å². The van der Waals surface area contributed by atoms with Gasteiger partial charge >= 0.3 is 0 Å². The van der Waals surface area contributed by atoms with Crippen LogP contribution in [-0.4, -0.2) is 42.0 Å². The van der Waals surface area contributed by atoms with Gasteiger partial charge in [-0.05, 0) is 30.9 Å². The maximum Gasteiger partial charge on any atom is 0.151 e. The summed E-state index contributed by atoms with van der Waals surface area (Å²) in [4.78, 5) is 14.1. The third-order valence-corrected chi connectivity index (χ3v) is 3.51. The van der Waals surface area contributed by atoms with Gasteiger partial charge in [0.15, 0.2) is 5.78 Å². The van der Waals surface area contributed by atoms with Crippen LogP contribution in [0.3, 0.4) is 0 Å². The minimum absolute atomic E-state index is 0.239. The number of aliphatic hydroxyl groups is 1. The van der Waals surface area contributed by atoms with Crippen LogP contribution in [0.4, 0.5) is 0 Å². The molecule has 0 radical (unpaired) electrons. The van der Waals surface area contributed by atoms with Gasteiger partial charge in [0.25, 0.3) is 0 Å². The van der Waals surface area contributed by atoms with Gasteiger partial charge in [-0.3, -0.25) is 9.69 Å². The summed E-state index contributed by atoms with van der Waals surface area (Å²) in [5.74, 6) is 0.614. The monoisotopic (exact) mass is 247 g/mol. The molecule has 0 saturated carbocycles. The van der Waals surface area contributed by atoms with Crippen LogP contribution in [0.25, 0.3) is 0 Å². The number of Topliss-reactive ketones (excluding diaryl/α,β-unsaturated/α-hetero) is 1. The molecule has 1 fully saturated rings. The maximum atomic E-state index is 12.0. The minimum Gasteiger partial charge on any atom is -0.396 e. The number of aliphatic hydroxyl groups excluding tert-OH is 1. The number of carbonyl (C=O) groups excluding carboxylic acids is 1. The molecule has 1 atom stereocenters. The molecule has 1 heterocycles. The first kappa shape index (κ1) is 13.2. The molecule has 1 saturated heterocycles. The summed E-state index contributed by atoms with van der Waals surface area (Å²) in [6, 6.07) is 9.87. The molecule has 3 heteroatoms. The quantitative estimate of drug-likeness (QED) is 0.857. The molecule has 1 aliphatic heterocycles. The maximum absolute atomic E-state index is 12.0. The number of hydrogen-bond donors (Lipinski definition) is 1. The van der Waals surface area contributed by atoms with Crippen molar-refractivity contribution >= 4 is 5.78 Å². The average molecular weight is 247 g/mol. The van der Waals surface area contributed by atoms with Crippen molar-refractivity contribution in [1.29, 1.82) is 0 Å². The minimum atomic E-state index is 0.239. The fourth-order valence-corrected chi connectivity index (χ4v) is 2.57. The van der Waals surface area contributed by atoms with Crippen molar-refractivity contribution in [3.8, 4) is 0 Å². The molecule has 0 amide bonds. The molecule has 2 rings (SSSR count). The summed E-state index contributed by atoms with van der Waals surface area (Å²) in [5, 5.41) is 9.17. The van der Waals surface area contributed by atoms with E-state index in [4.69, 9.17) is 5.11 Å². The van der Waals surface area contributed by atoms with E-state index < -0.39 is 0 Å². The molecule has 3 nitrogen and oxygen atoms in total. The molecule has 1 aliphatic rings. The van der Waals surface area contributed by atoms with Crippen LogP contribution in [0, 0.1) is 5.92 Å². The van der Waals surface area contributed by atoms with Crippen LogP contribution in [0.1, 0.15) is 18.4 Å². The SMILES string of the molecule is O=C(Cc1ccccc1)CN1CCCC(CO)C1. The van der Waals surface area contributed by atoms with Crippen LogP contribution >= 0.6 is 0 Å². The third kappa shape index (κ3) is 3.93. The smallest absolute Gasteiger partial charge is 0.151 e. The number of rotatable bonds is 5. The van der Waals surface area contributed by atoms with Crippen molar-refractivity contribution in [2.45, 2.75) is 19.3 Å². The van der Waals surface area contributed by atoms with Crippen LogP contribution in [0.5, 0.6) is 0 Å². The Labute approximate surface area is 108 Å². The van der Waals surface area contributed by atoms with Gasteiger partial charge in [-0.2, -0.15) is 0 Å². The molecule has 0 spiro atoms. The van der Waals surface area contributed by atoms with E-state index in [0.29, 0.717) is 18.9 Å². The van der Waals surface area contributed by atoms with Crippen molar-refractivity contribution in [2.75, 3.05) is 26.2 Å². The van der Waals surface area contributed by atoms with Crippen molar-refractivity contribution in [2.24, 2.45) is 5.92 Å². The highest BCUT2D eigenvalue weighted by Gasteiger charge is 2.20. The Bertz CT molecular complexity index is 377. The van der Waals surface area contributed by atoms with Crippen molar-refractivity contribution < 1.29 is 9.90 Å². The summed E-state index contributed by atoms with van der Waals surface area (Å²) in [7, 11) is 0. The fraction of sp³-hybridized carbons (Fsp3) is 0.533. The van der Waals surface area contributed by atoms with E-state index >= 15 is 0 Å². The molecular formula is C15H21NO2. The number of carbonyl (C=O) groups is 1. The van der Waals surface area contributed by atoms with Crippen molar-refractivity contribution in [3.05, 3.63) is 35.9 Å². The molecular weight excluding hydrogens is 226 g/mol. The van der Waals surface area contributed by atoms with Gasteiger partial charge in [0.2, 0.25) is 0 Å². The zero-order valence-electron chi connectivity index (χ0n) is 10.7. The Morgan fingerprint density at radius 1 is 1.33 bits per heavy atom. The molecule has 98 valence electrons. The lowest BCUT2D eigenvalue weighted by Crippen LogP contribution is -2.40. The summed E-state index contributed by atoms with van der Waals surface area (Å²) in [6.07, 6.45) is 2.69. The Hall–Kier alpha value is -1.19.